The molecule has 0 fully saturated rings. The second-order valence-corrected chi connectivity index (χ2v) is 8.34. The number of amides is 1. The van der Waals surface area contributed by atoms with Crippen LogP contribution in [0.3, 0.4) is 0 Å². The van der Waals surface area contributed by atoms with Gasteiger partial charge in [-0.25, -0.2) is 5.43 Å². The molecular formula is C22H20Br2N2O. The Balaban J connectivity index is 1.61. The van der Waals surface area contributed by atoms with Crippen molar-refractivity contribution in [3.63, 3.8) is 0 Å². The van der Waals surface area contributed by atoms with E-state index in [1.165, 1.54) is 10.8 Å². The van der Waals surface area contributed by atoms with E-state index >= 15 is 0 Å². The lowest BCUT2D eigenvalue weighted by molar-refractivity contribution is -0.124. The smallest absolute Gasteiger partial charge is 0.243 e. The summed E-state index contributed by atoms with van der Waals surface area (Å²) in [6.45, 7) is 3.93. The van der Waals surface area contributed by atoms with Crippen LogP contribution in [0.1, 0.15) is 23.6 Å². The first-order valence-electron chi connectivity index (χ1n) is 8.70. The van der Waals surface area contributed by atoms with Crippen LogP contribution in [0.5, 0.6) is 0 Å². The summed E-state index contributed by atoms with van der Waals surface area (Å²) in [5.74, 6) is -0.260. The van der Waals surface area contributed by atoms with Gasteiger partial charge in [0.25, 0.3) is 0 Å². The number of nitrogens with zero attached hydrogens (tertiary/aromatic N) is 1. The molecule has 3 aromatic carbocycles. The van der Waals surface area contributed by atoms with Crippen molar-refractivity contribution >= 4 is 54.8 Å². The molecule has 3 aromatic rings. The van der Waals surface area contributed by atoms with Gasteiger partial charge in [0.1, 0.15) is 0 Å². The fourth-order valence-electron chi connectivity index (χ4n) is 2.83. The number of nitrogens with one attached hydrogen (secondary N) is 1. The zero-order valence-corrected chi connectivity index (χ0v) is 18.3. The van der Waals surface area contributed by atoms with Crippen molar-refractivity contribution < 1.29 is 4.79 Å². The van der Waals surface area contributed by atoms with E-state index in [2.05, 4.69) is 72.7 Å². The molecule has 0 radical (unpaired) electrons. The van der Waals surface area contributed by atoms with Crippen LogP contribution in [-0.2, 0) is 11.2 Å². The number of carbonyl (C=O) groups excluding carboxylic acids is 1. The zero-order chi connectivity index (χ0) is 19.4. The minimum absolute atomic E-state index is 0.0929. The van der Waals surface area contributed by atoms with E-state index in [-0.39, 0.29) is 11.8 Å². The SMILES string of the molecule is Cc1c(Br)cc(/C=N/NC(=O)C(C)Cc2ccc3ccccc3c2)cc1Br. The van der Waals surface area contributed by atoms with Crippen LogP contribution in [0, 0.1) is 12.8 Å². The average Bonchev–Trinajstić information content (AvgIpc) is 2.65. The molecule has 5 heteroatoms. The third kappa shape index (κ3) is 5.05. The number of fused-ring (bicyclic) bond motifs is 1. The highest BCUT2D eigenvalue weighted by Crippen LogP contribution is 2.25. The molecule has 0 aliphatic carbocycles. The van der Waals surface area contributed by atoms with E-state index < -0.39 is 0 Å². The maximum Gasteiger partial charge on any atom is 0.243 e. The molecule has 3 nitrogen and oxygen atoms in total. The summed E-state index contributed by atoms with van der Waals surface area (Å²) in [5, 5.41) is 6.50. The van der Waals surface area contributed by atoms with E-state index in [1.807, 2.05) is 38.1 Å². The van der Waals surface area contributed by atoms with Crippen molar-refractivity contribution in [3.8, 4) is 0 Å². The largest absolute Gasteiger partial charge is 0.273 e. The van der Waals surface area contributed by atoms with Crippen LogP contribution in [0.4, 0.5) is 0 Å². The molecule has 1 amide bonds. The molecular weight excluding hydrogens is 468 g/mol. The predicted octanol–water partition coefficient (Wildman–Crippen LogP) is 6.00. The Bertz CT molecular complexity index is 991. The minimum atomic E-state index is -0.167. The van der Waals surface area contributed by atoms with E-state index in [1.54, 1.807) is 6.21 Å². The summed E-state index contributed by atoms with van der Waals surface area (Å²) in [7, 11) is 0. The molecule has 138 valence electrons. The van der Waals surface area contributed by atoms with Gasteiger partial charge in [-0.15, -0.1) is 0 Å². The highest BCUT2D eigenvalue weighted by molar-refractivity contribution is 9.11. The number of rotatable bonds is 5. The summed E-state index contributed by atoms with van der Waals surface area (Å²) in [4.78, 5) is 12.3. The molecule has 27 heavy (non-hydrogen) atoms. The van der Waals surface area contributed by atoms with Crippen molar-refractivity contribution in [1.29, 1.82) is 0 Å². The number of hydrazone groups is 1. The Morgan fingerprint density at radius 2 is 1.74 bits per heavy atom. The maximum atomic E-state index is 12.3. The Labute approximate surface area is 176 Å². The molecule has 0 saturated carbocycles. The Morgan fingerprint density at radius 3 is 2.44 bits per heavy atom. The van der Waals surface area contributed by atoms with Gasteiger partial charge in [0.15, 0.2) is 0 Å². The second kappa shape index (κ2) is 8.81. The first-order valence-corrected chi connectivity index (χ1v) is 10.3. The molecule has 1 N–H and O–H groups in total. The summed E-state index contributed by atoms with van der Waals surface area (Å²) in [6, 6.07) is 18.5. The van der Waals surface area contributed by atoms with Crippen LogP contribution in [0.25, 0.3) is 10.8 Å². The number of benzene rings is 3. The predicted molar refractivity (Wildman–Crippen MR) is 119 cm³/mol. The monoisotopic (exact) mass is 486 g/mol. The third-order valence-electron chi connectivity index (χ3n) is 4.49. The normalized spacial score (nSPS) is 12.4. The van der Waals surface area contributed by atoms with Gasteiger partial charge in [-0.3, -0.25) is 4.79 Å². The lowest BCUT2D eigenvalue weighted by Crippen LogP contribution is -2.26. The van der Waals surface area contributed by atoms with E-state index in [4.69, 9.17) is 0 Å². The van der Waals surface area contributed by atoms with Crippen molar-refractivity contribution in [3.05, 3.63) is 80.2 Å². The molecule has 0 aliphatic heterocycles. The number of halogens is 2. The zero-order valence-electron chi connectivity index (χ0n) is 15.2. The van der Waals surface area contributed by atoms with E-state index in [0.29, 0.717) is 6.42 Å². The van der Waals surface area contributed by atoms with E-state index in [9.17, 15) is 4.79 Å². The summed E-state index contributed by atoms with van der Waals surface area (Å²) in [6.07, 6.45) is 2.32. The lowest BCUT2D eigenvalue weighted by atomic mass is 9.98. The fraction of sp³-hybridized carbons (Fsp3) is 0.182. The molecule has 1 unspecified atom stereocenters. The second-order valence-electron chi connectivity index (χ2n) is 6.63. The van der Waals surface area contributed by atoms with Gasteiger partial charge in [-0.05, 0) is 52.9 Å². The van der Waals surface area contributed by atoms with Crippen molar-refractivity contribution in [2.75, 3.05) is 0 Å². The summed E-state index contributed by atoms with van der Waals surface area (Å²) < 4.78 is 1.99. The third-order valence-corrected chi connectivity index (χ3v) is 6.14. The van der Waals surface area contributed by atoms with E-state index in [0.717, 1.165) is 25.6 Å². The maximum absolute atomic E-state index is 12.3. The van der Waals surface area contributed by atoms with Crippen molar-refractivity contribution in [2.45, 2.75) is 20.3 Å². The minimum Gasteiger partial charge on any atom is -0.273 e. The van der Waals surface area contributed by atoms with Gasteiger partial charge in [-0.2, -0.15) is 5.10 Å². The Kier molecular flexibility index (Phi) is 6.45. The Hall–Kier alpha value is -1.98. The molecule has 0 saturated heterocycles. The van der Waals surface area contributed by atoms with Gasteiger partial charge in [0, 0.05) is 14.9 Å². The first kappa shape index (κ1) is 19.8. The van der Waals surface area contributed by atoms with Gasteiger partial charge in [0.05, 0.1) is 6.21 Å². The summed E-state index contributed by atoms with van der Waals surface area (Å²) in [5.41, 5.74) is 5.82. The van der Waals surface area contributed by atoms with Gasteiger partial charge in [0.2, 0.25) is 5.91 Å². The molecule has 0 aliphatic rings. The van der Waals surface area contributed by atoms with Crippen LogP contribution in [0.2, 0.25) is 0 Å². The number of hydrogen-bond acceptors (Lipinski definition) is 2. The van der Waals surface area contributed by atoms with Crippen LogP contribution >= 0.6 is 31.9 Å². The molecule has 3 rings (SSSR count). The topological polar surface area (TPSA) is 41.5 Å². The molecule has 0 heterocycles. The Morgan fingerprint density at radius 1 is 1.07 bits per heavy atom. The molecule has 0 bridgehead atoms. The standard InChI is InChI=1S/C22H20Br2N2O/c1-14(9-16-7-8-18-5-3-4-6-19(18)10-16)22(27)26-25-13-17-11-20(23)15(2)21(24)12-17/h3-8,10-14H,9H2,1-2H3,(H,26,27)/b25-13+. The van der Waals surface area contributed by atoms with Crippen molar-refractivity contribution in [2.24, 2.45) is 11.0 Å². The van der Waals surface area contributed by atoms with Crippen LogP contribution in [-0.4, -0.2) is 12.1 Å². The van der Waals surface area contributed by atoms with Gasteiger partial charge >= 0.3 is 0 Å². The number of carbonyl (C=O) groups is 1. The molecule has 1 atom stereocenters. The molecule has 0 aromatic heterocycles. The summed E-state index contributed by atoms with van der Waals surface area (Å²) >= 11 is 7.03. The van der Waals surface area contributed by atoms with Crippen molar-refractivity contribution in [1.82, 2.24) is 5.43 Å². The average molecular weight is 488 g/mol. The van der Waals surface area contributed by atoms with Crippen LogP contribution < -0.4 is 5.43 Å². The lowest BCUT2D eigenvalue weighted by Gasteiger charge is -2.10. The number of hydrogen-bond donors (Lipinski definition) is 1. The quantitative estimate of drug-likeness (QED) is 0.348. The highest BCUT2D eigenvalue weighted by Gasteiger charge is 2.13. The van der Waals surface area contributed by atoms with Gasteiger partial charge in [-0.1, -0.05) is 81.2 Å². The van der Waals surface area contributed by atoms with Crippen LogP contribution in [0.15, 0.2) is 68.6 Å². The highest BCUT2D eigenvalue weighted by atomic mass is 79.9. The fourth-order valence-corrected chi connectivity index (χ4v) is 4.05. The first-order chi connectivity index (χ1) is 12.9. The van der Waals surface area contributed by atoms with Gasteiger partial charge < -0.3 is 0 Å². The molecule has 0 spiro atoms.